The molecule has 1 aliphatic heterocycles. The molecule has 1 aliphatic rings. The molecule has 3 aromatic carbocycles. The zero-order valence-corrected chi connectivity index (χ0v) is 19.8. The van der Waals surface area contributed by atoms with E-state index in [1.807, 2.05) is 84.6 Å². The zero-order chi connectivity index (χ0) is 22.9. The third-order valence-electron chi connectivity index (χ3n) is 5.72. The lowest BCUT2D eigenvalue weighted by molar-refractivity contribution is 0.0988. The summed E-state index contributed by atoms with van der Waals surface area (Å²) in [4.78, 5) is 15.4. The smallest absolute Gasteiger partial charge is 0.277 e. The van der Waals surface area contributed by atoms with Crippen LogP contribution in [0.15, 0.2) is 77.3 Å². The van der Waals surface area contributed by atoms with Crippen LogP contribution < -0.4 is 14.4 Å². The van der Waals surface area contributed by atoms with Gasteiger partial charge in [0.1, 0.15) is 17.2 Å². The van der Waals surface area contributed by atoms with Gasteiger partial charge in [0.25, 0.3) is 5.91 Å². The summed E-state index contributed by atoms with van der Waals surface area (Å²) in [6.07, 6.45) is 0. The Labute approximate surface area is 200 Å². The van der Waals surface area contributed by atoms with E-state index >= 15 is 0 Å². The van der Waals surface area contributed by atoms with Crippen molar-refractivity contribution in [2.75, 3.05) is 18.6 Å². The number of aromatic amines is 1. The zero-order valence-electron chi connectivity index (χ0n) is 18.2. The van der Waals surface area contributed by atoms with Crippen LogP contribution in [0.1, 0.15) is 34.6 Å². The van der Waals surface area contributed by atoms with Crippen LogP contribution in [0.2, 0.25) is 0 Å². The second-order valence-electron chi connectivity index (χ2n) is 7.65. The molecule has 0 saturated carbocycles. The van der Waals surface area contributed by atoms with E-state index in [0.29, 0.717) is 12.3 Å². The lowest BCUT2D eigenvalue weighted by Crippen LogP contribution is -2.29. The minimum atomic E-state index is -0.357. The Balaban J connectivity index is 1.67. The second-order valence-corrected chi connectivity index (χ2v) is 8.56. The quantitative estimate of drug-likeness (QED) is 0.350. The van der Waals surface area contributed by atoms with Crippen LogP contribution in [-0.2, 0) is 0 Å². The Kier molecular flexibility index (Phi) is 5.64. The number of nitrogens with one attached hydrogen (secondary N) is 1. The monoisotopic (exact) mass is 503 g/mol. The summed E-state index contributed by atoms with van der Waals surface area (Å²) in [6, 6.07) is 23.0. The number of fused-ring (bicyclic) bond motifs is 1. The summed E-state index contributed by atoms with van der Waals surface area (Å²) in [5.41, 5.74) is 4.74. The van der Waals surface area contributed by atoms with E-state index in [-0.39, 0.29) is 11.9 Å². The number of rotatable bonds is 6. The van der Waals surface area contributed by atoms with E-state index in [9.17, 15) is 4.79 Å². The van der Waals surface area contributed by atoms with Crippen molar-refractivity contribution in [1.82, 2.24) is 10.2 Å². The highest BCUT2D eigenvalue weighted by atomic mass is 79.9. The van der Waals surface area contributed by atoms with Crippen molar-refractivity contribution in [1.29, 1.82) is 0 Å². The molecule has 1 amide bonds. The fourth-order valence-corrected chi connectivity index (χ4v) is 4.50. The average molecular weight is 504 g/mol. The molecule has 0 bridgehead atoms. The number of aromatic nitrogens is 2. The molecular formula is C26H22BrN3O3. The highest BCUT2D eigenvalue weighted by Crippen LogP contribution is 2.45. The van der Waals surface area contributed by atoms with Gasteiger partial charge in [-0.2, -0.15) is 5.10 Å². The van der Waals surface area contributed by atoms with Crippen LogP contribution in [0.4, 0.5) is 5.69 Å². The van der Waals surface area contributed by atoms with E-state index in [2.05, 4.69) is 26.1 Å². The highest BCUT2D eigenvalue weighted by molar-refractivity contribution is 9.10. The first-order valence-corrected chi connectivity index (χ1v) is 11.4. The van der Waals surface area contributed by atoms with Gasteiger partial charge >= 0.3 is 0 Å². The first-order valence-electron chi connectivity index (χ1n) is 10.6. The number of anilines is 1. The summed E-state index contributed by atoms with van der Waals surface area (Å²) < 4.78 is 12.0. The highest BCUT2D eigenvalue weighted by Gasteiger charge is 2.43. The second kappa shape index (κ2) is 8.75. The van der Waals surface area contributed by atoms with Gasteiger partial charge in [-0.25, -0.2) is 0 Å². The molecule has 4 aromatic rings. The molecule has 0 spiro atoms. The third-order valence-corrected chi connectivity index (χ3v) is 6.25. The van der Waals surface area contributed by atoms with E-state index in [1.165, 1.54) is 0 Å². The molecule has 7 heteroatoms. The van der Waals surface area contributed by atoms with Gasteiger partial charge in [-0.1, -0.05) is 28.1 Å². The first-order chi connectivity index (χ1) is 16.1. The van der Waals surface area contributed by atoms with Crippen LogP contribution in [0.3, 0.4) is 0 Å². The predicted octanol–water partition coefficient (Wildman–Crippen LogP) is 6.00. The van der Waals surface area contributed by atoms with Crippen molar-refractivity contribution in [2.24, 2.45) is 0 Å². The van der Waals surface area contributed by atoms with Crippen molar-refractivity contribution in [3.8, 4) is 22.8 Å². The lowest BCUT2D eigenvalue weighted by Gasteiger charge is -2.27. The topological polar surface area (TPSA) is 67.5 Å². The van der Waals surface area contributed by atoms with Gasteiger partial charge in [0.15, 0.2) is 0 Å². The van der Waals surface area contributed by atoms with Crippen LogP contribution >= 0.6 is 15.9 Å². The molecule has 0 aliphatic carbocycles. The number of amides is 1. The van der Waals surface area contributed by atoms with Gasteiger partial charge in [-0.3, -0.25) is 14.8 Å². The third kappa shape index (κ3) is 3.78. The predicted molar refractivity (Wildman–Crippen MR) is 131 cm³/mol. The molecule has 33 heavy (non-hydrogen) atoms. The van der Waals surface area contributed by atoms with Crippen molar-refractivity contribution < 1.29 is 14.3 Å². The largest absolute Gasteiger partial charge is 0.497 e. The van der Waals surface area contributed by atoms with Gasteiger partial charge in [-0.05, 0) is 73.2 Å². The molecule has 1 aromatic heterocycles. The number of nitrogens with zero attached hydrogens (tertiary/aromatic N) is 2. The molecule has 1 atom stereocenters. The van der Waals surface area contributed by atoms with Gasteiger partial charge < -0.3 is 9.47 Å². The Morgan fingerprint density at radius 3 is 2.48 bits per heavy atom. The van der Waals surface area contributed by atoms with Crippen LogP contribution in [0.25, 0.3) is 11.3 Å². The molecule has 166 valence electrons. The summed E-state index contributed by atoms with van der Waals surface area (Å²) in [5.74, 6) is 1.41. The van der Waals surface area contributed by atoms with Crippen molar-refractivity contribution in [3.63, 3.8) is 0 Å². The number of carbonyl (C=O) groups excluding carboxylic acids is 1. The molecule has 2 heterocycles. The maximum absolute atomic E-state index is 13.6. The number of methoxy groups -OCH3 is 1. The number of carbonyl (C=O) groups is 1. The molecule has 0 saturated heterocycles. The summed E-state index contributed by atoms with van der Waals surface area (Å²) >= 11 is 3.48. The van der Waals surface area contributed by atoms with Crippen molar-refractivity contribution >= 4 is 27.5 Å². The van der Waals surface area contributed by atoms with Crippen LogP contribution in [0, 0.1) is 0 Å². The minimum absolute atomic E-state index is 0.121. The van der Waals surface area contributed by atoms with E-state index in [1.54, 1.807) is 7.11 Å². The lowest BCUT2D eigenvalue weighted by atomic mass is 9.95. The maximum atomic E-state index is 13.6. The van der Waals surface area contributed by atoms with Crippen molar-refractivity contribution in [3.05, 3.63) is 94.1 Å². The standard InChI is InChI=1S/C26H22BrN3O3/c1-3-33-20-13-7-16(8-14-20)23-22-24(29-28-23)26(31)30(19-11-9-18(27)10-12-19)25(22)17-5-4-6-21(15-17)32-2/h4-15,25H,3H2,1-2H3,(H,28,29)/t25-/m1/s1. The van der Waals surface area contributed by atoms with Crippen molar-refractivity contribution in [2.45, 2.75) is 13.0 Å². The Morgan fingerprint density at radius 2 is 1.79 bits per heavy atom. The number of halogens is 1. The van der Waals surface area contributed by atoms with Crippen LogP contribution in [0.5, 0.6) is 11.5 Å². The Bertz CT molecular complexity index is 1300. The fraction of sp³-hybridized carbons (Fsp3) is 0.154. The van der Waals surface area contributed by atoms with Gasteiger partial charge in [0, 0.05) is 21.3 Å². The van der Waals surface area contributed by atoms with E-state index in [0.717, 1.165) is 44.0 Å². The number of hydrogen-bond donors (Lipinski definition) is 1. The molecular weight excluding hydrogens is 482 g/mol. The summed E-state index contributed by atoms with van der Waals surface area (Å²) in [7, 11) is 1.64. The molecule has 0 radical (unpaired) electrons. The first kappa shape index (κ1) is 21.3. The van der Waals surface area contributed by atoms with Gasteiger partial charge in [0.2, 0.25) is 0 Å². The summed E-state index contributed by atoms with van der Waals surface area (Å²) in [6.45, 7) is 2.56. The molecule has 0 unspecified atom stereocenters. The van der Waals surface area contributed by atoms with E-state index in [4.69, 9.17) is 9.47 Å². The average Bonchev–Trinajstić information content (AvgIpc) is 3.39. The molecule has 1 N–H and O–H groups in total. The Hall–Kier alpha value is -3.58. The SMILES string of the molecule is CCOc1ccc(-c2n[nH]c3c2[C@@H](c2cccc(OC)c2)N(c2ccc(Br)cc2)C3=O)cc1. The Morgan fingerprint density at radius 1 is 1.03 bits per heavy atom. The normalized spacial score (nSPS) is 14.9. The van der Waals surface area contributed by atoms with Crippen LogP contribution in [-0.4, -0.2) is 29.8 Å². The number of hydrogen-bond acceptors (Lipinski definition) is 4. The van der Waals surface area contributed by atoms with Gasteiger partial charge in [0.05, 0.1) is 25.5 Å². The summed E-state index contributed by atoms with van der Waals surface area (Å²) in [5, 5.41) is 7.54. The van der Waals surface area contributed by atoms with E-state index < -0.39 is 0 Å². The molecule has 5 rings (SSSR count). The number of benzene rings is 3. The van der Waals surface area contributed by atoms with Gasteiger partial charge in [-0.15, -0.1) is 0 Å². The maximum Gasteiger partial charge on any atom is 0.277 e. The molecule has 0 fully saturated rings. The molecule has 6 nitrogen and oxygen atoms in total. The number of ether oxygens (including phenoxy) is 2. The number of H-pyrrole nitrogens is 1. The fourth-order valence-electron chi connectivity index (χ4n) is 4.24. The minimum Gasteiger partial charge on any atom is -0.497 e.